The molecule has 1 N–H and O–H groups in total. The van der Waals surface area contributed by atoms with Crippen molar-refractivity contribution in [2.45, 2.75) is 6.42 Å². The summed E-state index contributed by atoms with van der Waals surface area (Å²) < 4.78 is 6.32. The van der Waals surface area contributed by atoms with Gasteiger partial charge in [-0.15, -0.1) is 11.3 Å². The molecule has 1 aromatic carbocycles. The topological polar surface area (TPSA) is 63.6 Å². The molecule has 0 fully saturated rings. The minimum Gasteiger partial charge on any atom is -0.497 e. The van der Waals surface area contributed by atoms with E-state index in [1.807, 2.05) is 29.6 Å². The first-order valence-electron chi connectivity index (χ1n) is 7.44. The molecule has 1 aliphatic rings. The SMILES string of the molecule is COc1cccc(-c2csc(NC(=O)CCSC3=NCCS3)n2)c1. The van der Waals surface area contributed by atoms with Crippen LogP contribution in [0.3, 0.4) is 0 Å². The minimum atomic E-state index is -0.0161. The third-order valence-electron chi connectivity index (χ3n) is 3.23. The number of methoxy groups -OCH3 is 1. The van der Waals surface area contributed by atoms with Crippen LogP contribution >= 0.6 is 34.9 Å². The van der Waals surface area contributed by atoms with Crippen molar-refractivity contribution in [3.05, 3.63) is 29.6 Å². The summed E-state index contributed by atoms with van der Waals surface area (Å²) in [5.41, 5.74) is 1.80. The number of aliphatic imine (C=N–C) groups is 1. The lowest BCUT2D eigenvalue weighted by molar-refractivity contribution is -0.115. The molecule has 2 heterocycles. The molecule has 5 nitrogen and oxygen atoms in total. The van der Waals surface area contributed by atoms with Crippen LogP contribution in [0.25, 0.3) is 11.3 Å². The van der Waals surface area contributed by atoms with Gasteiger partial charge in [-0.1, -0.05) is 35.7 Å². The van der Waals surface area contributed by atoms with Gasteiger partial charge in [0.05, 0.1) is 19.3 Å². The summed E-state index contributed by atoms with van der Waals surface area (Å²) in [6.07, 6.45) is 0.457. The first-order valence-corrected chi connectivity index (χ1v) is 10.3. The van der Waals surface area contributed by atoms with Gasteiger partial charge in [-0.05, 0) is 12.1 Å². The van der Waals surface area contributed by atoms with Crippen LogP contribution in [-0.4, -0.2) is 40.4 Å². The Kier molecular flexibility index (Phi) is 6.17. The third kappa shape index (κ3) is 4.75. The average Bonchev–Trinajstić information content (AvgIpc) is 3.27. The fraction of sp³-hybridized carbons (Fsp3) is 0.312. The van der Waals surface area contributed by atoms with Crippen LogP contribution in [0.4, 0.5) is 5.13 Å². The highest BCUT2D eigenvalue weighted by atomic mass is 32.2. The third-order valence-corrected chi connectivity index (χ3v) is 6.24. The Labute approximate surface area is 153 Å². The molecule has 3 rings (SSSR count). The van der Waals surface area contributed by atoms with Gasteiger partial charge < -0.3 is 10.1 Å². The van der Waals surface area contributed by atoms with Gasteiger partial charge >= 0.3 is 0 Å². The van der Waals surface area contributed by atoms with Crippen molar-refractivity contribution in [1.82, 2.24) is 4.98 Å². The van der Waals surface area contributed by atoms with Gasteiger partial charge in [0, 0.05) is 28.9 Å². The number of nitrogens with zero attached hydrogens (tertiary/aromatic N) is 2. The first-order chi connectivity index (χ1) is 11.7. The highest BCUT2D eigenvalue weighted by Crippen LogP contribution is 2.27. The zero-order chi connectivity index (χ0) is 16.8. The van der Waals surface area contributed by atoms with Crippen molar-refractivity contribution < 1.29 is 9.53 Å². The van der Waals surface area contributed by atoms with Gasteiger partial charge in [0.15, 0.2) is 5.13 Å². The Morgan fingerprint density at radius 1 is 1.46 bits per heavy atom. The van der Waals surface area contributed by atoms with E-state index in [1.165, 1.54) is 11.3 Å². The number of carbonyl (C=O) groups is 1. The van der Waals surface area contributed by atoms with Crippen molar-refractivity contribution in [2.75, 3.05) is 30.5 Å². The van der Waals surface area contributed by atoms with Crippen molar-refractivity contribution in [2.24, 2.45) is 4.99 Å². The largest absolute Gasteiger partial charge is 0.497 e. The Bertz CT molecular complexity index is 746. The van der Waals surface area contributed by atoms with E-state index >= 15 is 0 Å². The quantitative estimate of drug-likeness (QED) is 0.822. The van der Waals surface area contributed by atoms with Crippen LogP contribution < -0.4 is 10.1 Å². The predicted molar refractivity (Wildman–Crippen MR) is 105 cm³/mol. The molecule has 2 aromatic rings. The molecule has 8 heteroatoms. The molecule has 0 radical (unpaired) electrons. The van der Waals surface area contributed by atoms with Gasteiger partial charge in [0.1, 0.15) is 10.1 Å². The van der Waals surface area contributed by atoms with E-state index in [-0.39, 0.29) is 5.91 Å². The Morgan fingerprint density at radius 3 is 3.17 bits per heavy atom. The Morgan fingerprint density at radius 2 is 2.38 bits per heavy atom. The van der Waals surface area contributed by atoms with Crippen molar-refractivity contribution in [3.63, 3.8) is 0 Å². The molecule has 0 spiro atoms. The van der Waals surface area contributed by atoms with E-state index in [0.29, 0.717) is 11.6 Å². The van der Waals surface area contributed by atoms with Crippen LogP contribution in [0.15, 0.2) is 34.6 Å². The van der Waals surface area contributed by atoms with Crippen LogP contribution in [-0.2, 0) is 4.79 Å². The molecule has 126 valence electrons. The van der Waals surface area contributed by atoms with Gasteiger partial charge in [-0.25, -0.2) is 4.98 Å². The maximum absolute atomic E-state index is 12.0. The monoisotopic (exact) mass is 379 g/mol. The van der Waals surface area contributed by atoms with Crippen molar-refractivity contribution in [3.8, 4) is 17.0 Å². The summed E-state index contributed by atoms with van der Waals surface area (Å²) in [6, 6.07) is 7.72. The molecule has 0 atom stereocenters. The fourth-order valence-corrected chi connectivity index (χ4v) is 4.82. The van der Waals surface area contributed by atoms with E-state index in [2.05, 4.69) is 15.3 Å². The smallest absolute Gasteiger partial charge is 0.226 e. The number of ether oxygens (including phenoxy) is 1. The Balaban J connectivity index is 1.52. The van der Waals surface area contributed by atoms with Crippen LogP contribution in [0, 0.1) is 0 Å². The highest BCUT2D eigenvalue weighted by molar-refractivity contribution is 8.39. The van der Waals surface area contributed by atoms with Gasteiger partial charge in [0.25, 0.3) is 0 Å². The number of nitrogens with one attached hydrogen (secondary N) is 1. The number of amides is 1. The molecule has 0 aliphatic carbocycles. The second-order valence-electron chi connectivity index (χ2n) is 4.91. The molecule has 0 bridgehead atoms. The number of anilines is 1. The van der Waals surface area contributed by atoms with Gasteiger partial charge in [-0.2, -0.15) is 0 Å². The van der Waals surface area contributed by atoms with Gasteiger partial charge in [0.2, 0.25) is 5.91 Å². The lowest BCUT2D eigenvalue weighted by Gasteiger charge is -2.02. The molecule has 1 aromatic heterocycles. The molecule has 24 heavy (non-hydrogen) atoms. The normalized spacial score (nSPS) is 13.6. The van der Waals surface area contributed by atoms with E-state index in [0.717, 1.165) is 39.4 Å². The van der Waals surface area contributed by atoms with Crippen LogP contribution in [0.1, 0.15) is 6.42 Å². The molecule has 0 saturated heterocycles. The summed E-state index contributed by atoms with van der Waals surface area (Å²) in [7, 11) is 1.64. The number of aromatic nitrogens is 1. The maximum atomic E-state index is 12.0. The summed E-state index contributed by atoms with van der Waals surface area (Å²) in [5, 5.41) is 5.42. The molecular weight excluding hydrogens is 362 g/mol. The second-order valence-corrected chi connectivity index (χ2v) is 8.20. The maximum Gasteiger partial charge on any atom is 0.226 e. The van der Waals surface area contributed by atoms with Gasteiger partial charge in [-0.3, -0.25) is 9.79 Å². The Hall–Kier alpha value is -1.51. The van der Waals surface area contributed by atoms with Crippen LogP contribution in [0.2, 0.25) is 0 Å². The number of benzene rings is 1. The van der Waals surface area contributed by atoms with E-state index in [1.54, 1.807) is 30.6 Å². The lowest BCUT2D eigenvalue weighted by Crippen LogP contribution is -2.12. The van der Waals surface area contributed by atoms with E-state index < -0.39 is 0 Å². The summed E-state index contributed by atoms with van der Waals surface area (Å²) >= 11 is 4.84. The molecule has 0 unspecified atom stereocenters. The summed E-state index contributed by atoms with van der Waals surface area (Å²) in [5.74, 6) is 2.57. The summed E-state index contributed by atoms with van der Waals surface area (Å²) in [6.45, 7) is 0.894. The fourth-order valence-electron chi connectivity index (χ4n) is 2.06. The second kappa shape index (κ2) is 8.55. The predicted octanol–water partition coefficient (Wildman–Crippen LogP) is 3.98. The summed E-state index contributed by atoms with van der Waals surface area (Å²) in [4.78, 5) is 20.8. The highest BCUT2D eigenvalue weighted by Gasteiger charge is 2.11. The zero-order valence-corrected chi connectivity index (χ0v) is 15.6. The van der Waals surface area contributed by atoms with Crippen LogP contribution in [0.5, 0.6) is 5.75 Å². The number of hydrogen-bond donors (Lipinski definition) is 1. The molecule has 1 aliphatic heterocycles. The first kappa shape index (κ1) is 17.3. The number of rotatable bonds is 6. The molecule has 1 amide bonds. The average molecular weight is 380 g/mol. The molecule has 0 saturated carbocycles. The number of hydrogen-bond acceptors (Lipinski definition) is 7. The van der Waals surface area contributed by atoms with Crippen molar-refractivity contribution in [1.29, 1.82) is 0 Å². The van der Waals surface area contributed by atoms with E-state index in [4.69, 9.17) is 4.74 Å². The zero-order valence-electron chi connectivity index (χ0n) is 13.2. The van der Waals surface area contributed by atoms with E-state index in [9.17, 15) is 4.79 Å². The number of carbonyl (C=O) groups excluding carboxylic acids is 1. The van der Waals surface area contributed by atoms with Crippen molar-refractivity contribution >= 4 is 50.3 Å². The standard InChI is InChI=1S/C16H17N3O2S3/c1-21-12-4-2-3-11(9-12)13-10-24-15(18-13)19-14(20)5-7-22-16-17-6-8-23-16/h2-4,9-10H,5-8H2,1H3,(H,18,19,20). The minimum absolute atomic E-state index is 0.0161. The lowest BCUT2D eigenvalue weighted by atomic mass is 10.2. The molecular formula is C16H17N3O2S3. The number of thiazole rings is 1. The number of thioether (sulfide) groups is 2.